The van der Waals surface area contributed by atoms with Gasteiger partial charge in [-0.1, -0.05) is 30.3 Å². The van der Waals surface area contributed by atoms with Gasteiger partial charge >= 0.3 is 0 Å². The zero-order chi connectivity index (χ0) is 17.7. The molecular weight excluding hydrogens is 445 g/mol. The molecule has 1 aliphatic heterocycles. The van der Waals surface area contributed by atoms with Crippen molar-refractivity contribution >= 4 is 29.9 Å². The summed E-state index contributed by atoms with van der Waals surface area (Å²) in [6.07, 6.45) is 3.50. The van der Waals surface area contributed by atoms with Crippen molar-refractivity contribution in [1.82, 2.24) is 10.6 Å². The van der Waals surface area contributed by atoms with Crippen LogP contribution in [-0.4, -0.2) is 59.1 Å². The lowest BCUT2D eigenvalue weighted by molar-refractivity contribution is 0.0168. The Bertz CT molecular complexity index is 496. The van der Waals surface area contributed by atoms with Gasteiger partial charge in [-0.15, -0.1) is 24.0 Å². The lowest BCUT2D eigenvalue weighted by Crippen LogP contribution is -2.40. The Hall–Kier alpha value is -0.900. The molecule has 2 N–H and O–H groups in total. The molecule has 148 valence electrons. The topological polar surface area (TPSA) is 64.1 Å². The fraction of sp³-hybridized carbons (Fsp3) is 0.632. The molecule has 1 aromatic carbocycles. The van der Waals surface area contributed by atoms with Gasteiger partial charge in [0.1, 0.15) is 0 Å². The predicted octanol–water partition coefficient (Wildman–Crippen LogP) is 2.74. The minimum atomic E-state index is -0.00510. The number of methoxy groups -OCH3 is 1. The van der Waals surface area contributed by atoms with Gasteiger partial charge < -0.3 is 24.8 Å². The zero-order valence-corrected chi connectivity index (χ0v) is 18.1. The smallest absolute Gasteiger partial charge is 0.191 e. The van der Waals surface area contributed by atoms with E-state index in [2.05, 4.69) is 27.8 Å². The molecule has 1 saturated heterocycles. The van der Waals surface area contributed by atoms with Gasteiger partial charge in [-0.3, -0.25) is 4.99 Å². The van der Waals surface area contributed by atoms with Crippen LogP contribution in [0.15, 0.2) is 35.3 Å². The van der Waals surface area contributed by atoms with Crippen molar-refractivity contribution in [2.45, 2.75) is 31.5 Å². The lowest BCUT2D eigenvalue weighted by atomic mass is 10.1. The van der Waals surface area contributed by atoms with Crippen LogP contribution >= 0.6 is 24.0 Å². The molecule has 2 rings (SSSR count). The number of halogens is 1. The van der Waals surface area contributed by atoms with E-state index in [1.54, 1.807) is 14.2 Å². The van der Waals surface area contributed by atoms with E-state index in [9.17, 15) is 0 Å². The second kappa shape index (κ2) is 14.2. The third-order valence-corrected chi connectivity index (χ3v) is 4.22. The van der Waals surface area contributed by atoms with Crippen molar-refractivity contribution in [1.29, 1.82) is 0 Å². The Morgan fingerprint density at radius 3 is 2.77 bits per heavy atom. The van der Waals surface area contributed by atoms with E-state index >= 15 is 0 Å². The molecule has 0 aliphatic carbocycles. The molecule has 0 bridgehead atoms. The van der Waals surface area contributed by atoms with Crippen molar-refractivity contribution in [3.63, 3.8) is 0 Å². The number of guanidine groups is 1. The van der Waals surface area contributed by atoms with Crippen LogP contribution in [0.1, 0.15) is 30.9 Å². The van der Waals surface area contributed by atoms with Gasteiger partial charge in [-0.05, 0) is 24.8 Å². The third-order valence-electron chi connectivity index (χ3n) is 4.22. The van der Waals surface area contributed by atoms with E-state index in [0.29, 0.717) is 19.3 Å². The van der Waals surface area contributed by atoms with Crippen LogP contribution in [0.5, 0.6) is 0 Å². The minimum Gasteiger partial charge on any atom is -0.379 e. The van der Waals surface area contributed by atoms with Crippen molar-refractivity contribution in [2.24, 2.45) is 4.99 Å². The van der Waals surface area contributed by atoms with Crippen LogP contribution in [0, 0.1) is 0 Å². The first-order valence-corrected chi connectivity index (χ1v) is 9.05. The Balaban J connectivity index is 0.00000338. The highest BCUT2D eigenvalue weighted by atomic mass is 127. The van der Waals surface area contributed by atoms with E-state index in [1.807, 2.05) is 18.2 Å². The average molecular weight is 477 g/mol. The summed E-state index contributed by atoms with van der Waals surface area (Å²) in [5.41, 5.74) is 1.15. The molecule has 7 heteroatoms. The number of hydrogen-bond acceptors (Lipinski definition) is 4. The fourth-order valence-corrected chi connectivity index (χ4v) is 2.79. The molecule has 0 amide bonds. The van der Waals surface area contributed by atoms with Crippen molar-refractivity contribution in [3.05, 3.63) is 35.9 Å². The van der Waals surface area contributed by atoms with Crippen LogP contribution in [-0.2, 0) is 14.2 Å². The molecular formula is C19H32IN3O3. The summed E-state index contributed by atoms with van der Waals surface area (Å²) in [6, 6.07) is 10.2. The summed E-state index contributed by atoms with van der Waals surface area (Å²) in [6.45, 7) is 3.79. The SMILES string of the molecule is CN=C(NCCCOCC1CCCO1)NCC(OC)c1ccccc1.I. The van der Waals surface area contributed by atoms with Crippen LogP contribution in [0.2, 0.25) is 0 Å². The first-order valence-electron chi connectivity index (χ1n) is 9.05. The lowest BCUT2D eigenvalue weighted by Gasteiger charge is -2.18. The monoisotopic (exact) mass is 477 g/mol. The van der Waals surface area contributed by atoms with Crippen molar-refractivity contribution < 1.29 is 14.2 Å². The standard InChI is InChI=1S/C19H31N3O3.HI/c1-20-19(21-11-7-12-24-15-17-10-6-13-25-17)22-14-18(23-2)16-8-4-3-5-9-16;/h3-5,8-9,17-18H,6-7,10-15H2,1-2H3,(H2,20,21,22);1H. The highest BCUT2D eigenvalue weighted by Gasteiger charge is 2.15. The molecule has 0 radical (unpaired) electrons. The molecule has 1 aliphatic rings. The molecule has 1 heterocycles. The molecule has 0 saturated carbocycles. The summed E-state index contributed by atoms with van der Waals surface area (Å²) in [7, 11) is 3.49. The average Bonchev–Trinajstić information content (AvgIpc) is 3.17. The van der Waals surface area contributed by atoms with E-state index in [4.69, 9.17) is 14.2 Å². The predicted molar refractivity (Wildman–Crippen MR) is 115 cm³/mol. The molecule has 2 atom stereocenters. The van der Waals surface area contributed by atoms with Gasteiger partial charge in [0.25, 0.3) is 0 Å². The normalized spacial score (nSPS) is 18.2. The maximum atomic E-state index is 5.66. The van der Waals surface area contributed by atoms with Crippen molar-refractivity contribution in [3.8, 4) is 0 Å². The van der Waals surface area contributed by atoms with Crippen LogP contribution in [0.3, 0.4) is 0 Å². The second-order valence-corrected chi connectivity index (χ2v) is 6.08. The Kier molecular flexibility index (Phi) is 12.6. The second-order valence-electron chi connectivity index (χ2n) is 6.08. The maximum Gasteiger partial charge on any atom is 0.191 e. The molecule has 0 spiro atoms. The number of nitrogens with one attached hydrogen (secondary N) is 2. The van der Waals surface area contributed by atoms with Crippen LogP contribution < -0.4 is 10.6 Å². The van der Waals surface area contributed by atoms with Gasteiger partial charge in [-0.25, -0.2) is 0 Å². The number of rotatable bonds is 10. The Labute approximate surface area is 174 Å². The van der Waals surface area contributed by atoms with Crippen molar-refractivity contribution in [2.75, 3.05) is 47.1 Å². The first kappa shape index (κ1) is 23.1. The summed E-state index contributed by atoms with van der Waals surface area (Å²) >= 11 is 0. The number of ether oxygens (including phenoxy) is 3. The number of benzene rings is 1. The molecule has 26 heavy (non-hydrogen) atoms. The van der Waals surface area contributed by atoms with E-state index in [1.165, 1.54) is 0 Å². The largest absolute Gasteiger partial charge is 0.379 e. The number of aliphatic imine (C=N–C) groups is 1. The third kappa shape index (κ3) is 8.66. The fourth-order valence-electron chi connectivity index (χ4n) is 2.79. The highest BCUT2D eigenvalue weighted by Crippen LogP contribution is 2.14. The Morgan fingerprint density at radius 1 is 1.31 bits per heavy atom. The molecule has 0 aromatic heterocycles. The van der Waals surface area contributed by atoms with Gasteiger partial charge in [0.15, 0.2) is 5.96 Å². The van der Waals surface area contributed by atoms with Gasteiger partial charge in [-0.2, -0.15) is 0 Å². The minimum absolute atomic E-state index is 0. The van der Waals surface area contributed by atoms with Crippen LogP contribution in [0.4, 0.5) is 0 Å². The number of hydrogen-bond donors (Lipinski definition) is 2. The molecule has 1 aromatic rings. The summed E-state index contributed by atoms with van der Waals surface area (Å²) in [4.78, 5) is 4.25. The number of nitrogens with zero attached hydrogens (tertiary/aromatic N) is 1. The van der Waals surface area contributed by atoms with E-state index in [0.717, 1.165) is 50.5 Å². The maximum absolute atomic E-state index is 5.66. The summed E-state index contributed by atoms with van der Waals surface area (Å²) < 4.78 is 16.8. The van der Waals surface area contributed by atoms with Gasteiger partial charge in [0.05, 0.1) is 18.8 Å². The molecule has 1 fully saturated rings. The van der Waals surface area contributed by atoms with E-state index in [-0.39, 0.29) is 30.1 Å². The Morgan fingerprint density at radius 2 is 2.12 bits per heavy atom. The molecule has 6 nitrogen and oxygen atoms in total. The summed E-state index contributed by atoms with van der Waals surface area (Å²) in [5.74, 6) is 0.775. The zero-order valence-electron chi connectivity index (χ0n) is 15.8. The van der Waals surface area contributed by atoms with Gasteiger partial charge in [0, 0.05) is 40.5 Å². The van der Waals surface area contributed by atoms with Crippen LogP contribution in [0.25, 0.3) is 0 Å². The quantitative estimate of drug-likeness (QED) is 0.235. The molecule has 2 unspecified atom stereocenters. The first-order chi connectivity index (χ1) is 12.3. The summed E-state index contributed by atoms with van der Waals surface area (Å²) in [5, 5.41) is 6.61. The van der Waals surface area contributed by atoms with E-state index < -0.39 is 0 Å². The van der Waals surface area contributed by atoms with Gasteiger partial charge in [0.2, 0.25) is 0 Å². The highest BCUT2D eigenvalue weighted by molar-refractivity contribution is 14.0.